The molecule has 3 nitrogen and oxygen atoms in total. The minimum absolute atomic E-state index is 0.223. The summed E-state index contributed by atoms with van der Waals surface area (Å²) in [4.78, 5) is 16.6. The molecule has 2 aromatic carbocycles. The van der Waals surface area contributed by atoms with Gasteiger partial charge in [-0.2, -0.15) is 0 Å². The van der Waals surface area contributed by atoms with E-state index in [1.165, 1.54) is 18.2 Å². The van der Waals surface area contributed by atoms with Gasteiger partial charge in [0.25, 0.3) is 5.91 Å². The molecule has 0 aliphatic rings. The summed E-state index contributed by atoms with van der Waals surface area (Å²) in [7, 11) is 0. The van der Waals surface area contributed by atoms with Gasteiger partial charge in [0.1, 0.15) is 10.8 Å². The summed E-state index contributed by atoms with van der Waals surface area (Å²) in [5, 5.41) is 3.67. The lowest BCUT2D eigenvalue weighted by atomic mass is 10.2. The van der Waals surface area contributed by atoms with Gasteiger partial charge in [0.15, 0.2) is 0 Å². The maximum atomic E-state index is 13.0. The molecule has 0 saturated carbocycles. The molecule has 1 amide bonds. The molecule has 0 saturated heterocycles. The fourth-order valence-electron chi connectivity index (χ4n) is 1.92. The molecular weight excluding hydrogens is 402 g/mol. The lowest BCUT2D eigenvalue weighted by molar-refractivity contribution is 0.0950. The number of fused-ring (bicyclic) bond motifs is 1. The third-order valence-corrected chi connectivity index (χ3v) is 4.84. The van der Waals surface area contributed by atoms with Gasteiger partial charge in [-0.05, 0) is 52.9 Å². The summed E-state index contributed by atoms with van der Waals surface area (Å²) in [5.74, 6) is -0.569. The maximum absolute atomic E-state index is 13.0. The lowest BCUT2D eigenvalue weighted by Crippen LogP contribution is -2.23. The molecule has 3 aromatic rings. The van der Waals surface area contributed by atoms with E-state index in [2.05, 4.69) is 10.3 Å². The van der Waals surface area contributed by atoms with E-state index in [-0.39, 0.29) is 11.7 Å². The number of benzene rings is 2. The normalized spacial score (nSPS) is 10.8. The van der Waals surface area contributed by atoms with Crippen LogP contribution >= 0.6 is 33.9 Å². The predicted octanol–water partition coefficient (Wildman–Crippen LogP) is 3.97. The second-order valence-corrected chi connectivity index (χ2v) is 6.66. The predicted molar refractivity (Wildman–Crippen MR) is 89.9 cm³/mol. The standard InChI is InChI=1S/C15H10FIN2OS/c16-9-5-6-10(11(17)7-9)15(20)18-8-14-19-12-3-1-2-4-13(12)21-14/h1-7H,8H2,(H,18,20). The Morgan fingerprint density at radius 1 is 1.29 bits per heavy atom. The molecule has 0 radical (unpaired) electrons. The van der Waals surface area contributed by atoms with Crippen LogP contribution in [0.15, 0.2) is 42.5 Å². The molecule has 0 fully saturated rings. The van der Waals surface area contributed by atoms with Crippen LogP contribution in [0.25, 0.3) is 10.2 Å². The average Bonchev–Trinajstić information content (AvgIpc) is 2.87. The molecule has 0 atom stereocenters. The number of rotatable bonds is 3. The van der Waals surface area contributed by atoms with Crippen molar-refractivity contribution in [1.82, 2.24) is 10.3 Å². The molecule has 3 rings (SSSR count). The minimum atomic E-state index is -0.345. The molecule has 0 spiro atoms. The topological polar surface area (TPSA) is 42.0 Å². The SMILES string of the molecule is O=C(NCc1nc2ccccc2s1)c1ccc(F)cc1I. The molecule has 106 valence electrons. The highest BCUT2D eigenvalue weighted by atomic mass is 127. The number of nitrogens with zero attached hydrogens (tertiary/aromatic N) is 1. The molecule has 1 heterocycles. The van der Waals surface area contributed by atoms with Gasteiger partial charge in [-0.25, -0.2) is 9.37 Å². The van der Waals surface area contributed by atoms with Crippen LogP contribution in [-0.2, 0) is 6.54 Å². The molecule has 0 aliphatic carbocycles. The van der Waals surface area contributed by atoms with E-state index >= 15 is 0 Å². The van der Waals surface area contributed by atoms with E-state index in [4.69, 9.17) is 0 Å². The van der Waals surface area contributed by atoms with Gasteiger partial charge in [0, 0.05) is 3.57 Å². The summed E-state index contributed by atoms with van der Waals surface area (Å²) in [6.45, 7) is 0.367. The average molecular weight is 412 g/mol. The molecule has 0 unspecified atom stereocenters. The van der Waals surface area contributed by atoms with Gasteiger partial charge >= 0.3 is 0 Å². The third kappa shape index (κ3) is 3.21. The number of thiazole rings is 1. The summed E-state index contributed by atoms with van der Waals surface area (Å²) in [5.41, 5.74) is 1.40. The largest absolute Gasteiger partial charge is 0.345 e. The van der Waals surface area contributed by atoms with E-state index < -0.39 is 0 Å². The Balaban J connectivity index is 1.73. The van der Waals surface area contributed by atoms with Crippen LogP contribution in [0.2, 0.25) is 0 Å². The van der Waals surface area contributed by atoms with Crippen LogP contribution in [0.5, 0.6) is 0 Å². The highest BCUT2D eigenvalue weighted by Crippen LogP contribution is 2.21. The van der Waals surface area contributed by atoms with E-state index in [0.29, 0.717) is 15.7 Å². The zero-order chi connectivity index (χ0) is 14.8. The number of halogens is 2. The van der Waals surface area contributed by atoms with Crippen molar-refractivity contribution in [3.8, 4) is 0 Å². The Morgan fingerprint density at radius 2 is 2.10 bits per heavy atom. The van der Waals surface area contributed by atoms with Gasteiger partial charge in [0.05, 0.1) is 22.3 Å². The molecular formula is C15H10FIN2OS. The summed E-state index contributed by atoms with van der Waals surface area (Å²) < 4.78 is 14.7. The monoisotopic (exact) mass is 412 g/mol. The van der Waals surface area contributed by atoms with E-state index in [1.54, 1.807) is 11.3 Å². The Morgan fingerprint density at radius 3 is 2.86 bits per heavy atom. The number of nitrogens with one attached hydrogen (secondary N) is 1. The highest BCUT2D eigenvalue weighted by molar-refractivity contribution is 14.1. The zero-order valence-electron chi connectivity index (χ0n) is 10.8. The maximum Gasteiger partial charge on any atom is 0.252 e. The number of aromatic nitrogens is 1. The second-order valence-electron chi connectivity index (χ2n) is 4.38. The van der Waals surface area contributed by atoms with Crippen LogP contribution in [0.1, 0.15) is 15.4 Å². The quantitative estimate of drug-likeness (QED) is 0.662. The van der Waals surface area contributed by atoms with Gasteiger partial charge in [-0.15, -0.1) is 11.3 Å². The van der Waals surface area contributed by atoms with Crippen molar-refractivity contribution < 1.29 is 9.18 Å². The van der Waals surface area contributed by atoms with E-state index in [0.717, 1.165) is 15.2 Å². The number of hydrogen-bond acceptors (Lipinski definition) is 3. The second kappa shape index (κ2) is 6.07. The lowest BCUT2D eigenvalue weighted by Gasteiger charge is -2.05. The minimum Gasteiger partial charge on any atom is -0.345 e. The first kappa shape index (κ1) is 14.4. The van der Waals surface area contributed by atoms with Gasteiger partial charge in [-0.1, -0.05) is 12.1 Å². The Kier molecular flexibility index (Phi) is 4.16. The van der Waals surface area contributed by atoms with Crippen LogP contribution in [-0.4, -0.2) is 10.9 Å². The van der Waals surface area contributed by atoms with Crippen molar-refractivity contribution in [3.63, 3.8) is 0 Å². The summed E-state index contributed by atoms with van der Waals surface area (Å²) in [6.07, 6.45) is 0. The summed E-state index contributed by atoms with van der Waals surface area (Å²) >= 11 is 3.51. The molecule has 1 N–H and O–H groups in total. The van der Waals surface area contributed by atoms with E-state index in [1.807, 2.05) is 46.9 Å². The number of amides is 1. The molecule has 6 heteroatoms. The van der Waals surface area contributed by atoms with Gasteiger partial charge < -0.3 is 5.32 Å². The number of para-hydroxylation sites is 1. The molecule has 1 aromatic heterocycles. The number of hydrogen-bond donors (Lipinski definition) is 1. The first-order valence-electron chi connectivity index (χ1n) is 6.21. The van der Waals surface area contributed by atoms with E-state index in [9.17, 15) is 9.18 Å². The molecule has 21 heavy (non-hydrogen) atoms. The van der Waals surface area contributed by atoms with Crippen LogP contribution in [0.3, 0.4) is 0 Å². The van der Waals surface area contributed by atoms with Crippen LogP contribution in [0.4, 0.5) is 4.39 Å². The van der Waals surface area contributed by atoms with Gasteiger partial charge in [0.2, 0.25) is 0 Å². The Bertz CT molecular complexity index is 785. The molecule has 0 bridgehead atoms. The van der Waals surface area contributed by atoms with Crippen molar-refractivity contribution in [2.75, 3.05) is 0 Å². The zero-order valence-corrected chi connectivity index (χ0v) is 13.7. The molecule has 0 aliphatic heterocycles. The Labute approximate surface area is 138 Å². The smallest absolute Gasteiger partial charge is 0.252 e. The van der Waals surface area contributed by atoms with Crippen molar-refractivity contribution in [1.29, 1.82) is 0 Å². The Hall–Kier alpha value is -1.54. The third-order valence-electron chi connectivity index (χ3n) is 2.91. The fraction of sp³-hybridized carbons (Fsp3) is 0.0667. The van der Waals surface area contributed by atoms with Gasteiger partial charge in [-0.3, -0.25) is 4.79 Å². The van der Waals surface area contributed by atoms with Crippen molar-refractivity contribution in [2.45, 2.75) is 6.54 Å². The van der Waals surface area contributed by atoms with Crippen LogP contribution in [0, 0.1) is 9.39 Å². The van der Waals surface area contributed by atoms with Crippen molar-refractivity contribution >= 4 is 50.1 Å². The first-order valence-corrected chi connectivity index (χ1v) is 8.11. The van der Waals surface area contributed by atoms with Crippen molar-refractivity contribution in [3.05, 3.63) is 62.4 Å². The number of carbonyl (C=O) groups is 1. The summed E-state index contributed by atoms with van der Waals surface area (Å²) in [6, 6.07) is 12.0. The fourth-order valence-corrected chi connectivity index (χ4v) is 3.55. The highest BCUT2D eigenvalue weighted by Gasteiger charge is 2.11. The first-order chi connectivity index (χ1) is 10.1. The number of carbonyl (C=O) groups excluding carboxylic acids is 1. The van der Waals surface area contributed by atoms with Crippen LogP contribution < -0.4 is 5.32 Å². The van der Waals surface area contributed by atoms with Crippen molar-refractivity contribution in [2.24, 2.45) is 0 Å².